The number of aliphatic hydroxyl groups excluding tert-OH is 3. The van der Waals surface area contributed by atoms with Gasteiger partial charge in [-0.15, -0.1) is 11.8 Å². The fraction of sp³-hybridized carbons (Fsp3) is 0.722. The summed E-state index contributed by atoms with van der Waals surface area (Å²) in [6.07, 6.45) is -4.07. The van der Waals surface area contributed by atoms with E-state index in [0.29, 0.717) is 0 Å². The van der Waals surface area contributed by atoms with Crippen LogP contribution in [0.2, 0.25) is 0 Å². The van der Waals surface area contributed by atoms with Gasteiger partial charge in [-0.3, -0.25) is 24.0 Å². The van der Waals surface area contributed by atoms with Crippen molar-refractivity contribution >= 4 is 41.3 Å². The van der Waals surface area contributed by atoms with Gasteiger partial charge in [-0.25, -0.2) is 0 Å². The molecule has 14 nitrogen and oxygen atoms in total. The highest BCUT2D eigenvalue weighted by Gasteiger charge is 2.45. The first-order chi connectivity index (χ1) is 15.5. The molecule has 188 valence electrons. The fourth-order valence-electron chi connectivity index (χ4n) is 2.82. The highest BCUT2D eigenvalue weighted by molar-refractivity contribution is 7.99. The summed E-state index contributed by atoms with van der Waals surface area (Å²) < 4.78 is 5.58. The molecule has 0 radical (unpaired) electrons. The molecule has 5 amide bonds. The van der Waals surface area contributed by atoms with Gasteiger partial charge in [-0.05, 0) is 0 Å². The molecule has 1 aliphatic rings. The Bertz CT molecular complexity index is 725. The van der Waals surface area contributed by atoms with Crippen molar-refractivity contribution in [1.82, 2.24) is 26.6 Å². The molecular formula is C18H31N5O9S. The summed E-state index contributed by atoms with van der Waals surface area (Å²) in [4.78, 5) is 58.7. The molecule has 1 aliphatic heterocycles. The van der Waals surface area contributed by atoms with Crippen molar-refractivity contribution in [3.8, 4) is 0 Å². The van der Waals surface area contributed by atoms with Crippen LogP contribution in [0.4, 0.5) is 0 Å². The normalized spacial score (nSPS) is 25.3. The largest absolute Gasteiger partial charge is 0.394 e. The Balaban J connectivity index is 2.94. The van der Waals surface area contributed by atoms with Gasteiger partial charge in [0.1, 0.15) is 29.8 Å². The van der Waals surface area contributed by atoms with Gasteiger partial charge in [-0.1, -0.05) is 0 Å². The number of nitrogens with one attached hydrogen (secondary N) is 5. The topological polar surface area (TPSA) is 215 Å². The van der Waals surface area contributed by atoms with Crippen LogP contribution in [0.3, 0.4) is 0 Å². The molecular weight excluding hydrogens is 462 g/mol. The molecule has 6 atom stereocenters. The third-order valence-corrected chi connectivity index (χ3v) is 5.79. The Morgan fingerprint density at radius 3 is 2.15 bits per heavy atom. The zero-order valence-electron chi connectivity index (χ0n) is 18.5. The molecule has 1 heterocycles. The van der Waals surface area contributed by atoms with Crippen LogP contribution in [-0.4, -0.2) is 113 Å². The molecule has 1 fully saturated rings. The van der Waals surface area contributed by atoms with E-state index in [1.807, 2.05) is 0 Å². The Labute approximate surface area is 194 Å². The molecule has 0 aromatic rings. The maximum atomic E-state index is 12.6. The highest BCUT2D eigenvalue weighted by Crippen LogP contribution is 2.29. The van der Waals surface area contributed by atoms with E-state index in [9.17, 15) is 39.3 Å². The van der Waals surface area contributed by atoms with E-state index in [0.717, 1.165) is 11.8 Å². The predicted molar refractivity (Wildman–Crippen MR) is 116 cm³/mol. The Hall–Kier alpha value is -2.46. The van der Waals surface area contributed by atoms with Crippen LogP contribution in [0, 0.1) is 0 Å². The van der Waals surface area contributed by atoms with E-state index in [4.69, 9.17) is 4.74 Å². The number of hydrogen-bond acceptors (Lipinski definition) is 10. The van der Waals surface area contributed by atoms with Gasteiger partial charge in [0, 0.05) is 26.6 Å². The minimum atomic E-state index is -1.47. The van der Waals surface area contributed by atoms with Crippen LogP contribution in [0.15, 0.2) is 0 Å². The van der Waals surface area contributed by atoms with Crippen molar-refractivity contribution in [3.63, 3.8) is 0 Å². The summed E-state index contributed by atoms with van der Waals surface area (Å²) in [5.74, 6) is -2.93. The number of likely N-dealkylation sites (N-methyl/N-ethyl adjacent to an activating group) is 1. The fourth-order valence-corrected chi connectivity index (χ4v) is 4.09. The van der Waals surface area contributed by atoms with Crippen molar-refractivity contribution in [2.75, 3.05) is 32.5 Å². The molecule has 8 N–H and O–H groups in total. The molecule has 0 unspecified atom stereocenters. The number of aliphatic hydroxyl groups is 3. The van der Waals surface area contributed by atoms with Crippen molar-refractivity contribution < 1.29 is 44.0 Å². The van der Waals surface area contributed by atoms with E-state index in [1.165, 1.54) is 20.9 Å². The Morgan fingerprint density at radius 2 is 1.61 bits per heavy atom. The first-order valence-corrected chi connectivity index (χ1v) is 11.1. The summed E-state index contributed by atoms with van der Waals surface area (Å²) in [6, 6.07) is -2.26. The SMILES string of the molecule is CNC(=O)CNC(=O)[C@H](CS[C@H]1O[C@H](CO)[C@H](O)[C@H](O)[C@H]1NC(C)=O)NC(=O)CNC(C)=O. The van der Waals surface area contributed by atoms with Crippen molar-refractivity contribution in [2.45, 2.75) is 49.7 Å². The van der Waals surface area contributed by atoms with E-state index in [1.54, 1.807) is 0 Å². The van der Waals surface area contributed by atoms with Crippen molar-refractivity contribution in [2.24, 2.45) is 0 Å². The minimum absolute atomic E-state index is 0.132. The number of hydrogen-bond donors (Lipinski definition) is 8. The van der Waals surface area contributed by atoms with Gasteiger partial charge in [0.2, 0.25) is 29.5 Å². The van der Waals surface area contributed by atoms with Crippen LogP contribution < -0.4 is 26.6 Å². The zero-order valence-corrected chi connectivity index (χ0v) is 19.3. The lowest BCUT2D eigenvalue weighted by Gasteiger charge is -2.42. The monoisotopic (exact) mass is 493 g/mol. The molecule has 15 heteroatoms. The number of amides is 5. The average Bonchev–Trinajstić information content (AvgIpc) is 2.76. The number of ether oxygens (including phenoxy) is 1. The summed E-state index contributed by atoms with van der Waals surface area (Å²) >= 11 is 0.933. The number of carbonyl (C=O) groups is 5. The number of carbonyl (C=O) groups excluding carboxylic acids is 5. The van der Waals surface area contributed by atoms with Crippen LogP contribution in [0.1, 0.15) is 13.8 Å². The number of rotatable bonds is 11. The summed E-state index contributed by atoms with van der Waals surface area (Å²) in [5, 5.41) is 41.8. The summed E-state index contributed by atoms with van der Waals surface area (Å²) in [6.45, 7) is 1.09. The lowest BCUT2D eigenvalue weighted by Crippen LogP contribution is -2.63. The summed E-state index contributed by atoms with van der Waals surface area (Å²) in [5.41, 5.74) is -0.995. The second kappa shape index (κ2) is 13.9. The van der Waals surface area contributed by atoms with Crippen LogP contribution in [-0.2, 0) is 28.7 Å². The first kappa shape index (κ1) is 28.6. The van der Waals surface area contributed by atoms with Crippen LogP contribution in [0.25, 0.3) is 0 Å². The third kappa shape index (κ3) is 9.51. The highest BCUT2D eigenvalue weighted by atomic mass is 32.2. The average molecular weight is 494 g/mol. The Morgan fingerprint density at radius 1 is 0.970 bits per heavy atom. The minimum Gasteiger partial charge on any atom is -0.394 e. The van der Waals surface area contributed by atoms with E-state index in [-0.39, 0.29) is 18.8 Å². The van der Waals surface area contributed by atoms with Crippen LogP contribution in [0.5, 0.6) is 0 Å². The standard InChI is InChI=1S/C18H31N5O9S/c1-8(25)20-5-13(28)23-10(17(31)21-4-12(27)19-3)7-33-18-14(22-9(2)26)16(30)15(29)11(6-24)32-18/h10-11,14-16,18,24,29-30H,4-7H2,1-3H3,(H,19,27)(H,20,25)(H,21,31)(H,22,26)(H,23,28)/t10-,11+,14+,15-,16+,18+/m0/s1. The molecule has 1 saturated heterocycles. The molecule has 0 aliphatic carbocycles. The smallest absolute Gasteiger partial charge is 0.243 e. The molecule has 0 aromatic carbocycles. The number of thioether (sulfide) groups is 1. The Kier molecular flexibility index (Phi) is 12.1. The van der Waals surface area contributed by atoms with Gasteiger partial charge in [0.15, 0.2) is 0 Å². The van der Waals surface area contributed by atoms with Gasteiger partial charge in [-0.2, -0.15) is 0 Å². The second-order valence-corrected chi connectivity index (χ2v) is 8.32. The van der Waals surface area contributed by atoms with Crippen LogP contribution >= 0.6 is 11.8 Å². The summed E-state index contributed by atoms with van der Waals surface area (Å²) in [7, 11) is 1.39. The van der Waals surface area contributed by atoms with Crippen molar-refractivity contribution in [1.29, 1.82) is 0 Å². The quantitative estimate of drug-likeness (QED) is 0.137. The second-order valence-electron chi connectivity index (χ2n) is 7.19. The predicted octanol–water partition coefficient (Wildman–Crippen LogP) is -4.85. The molecule has 0 saturated carbocycles. The van der Waals surface area contributed by atoms with Gasteiger partial charge >= 0.3 is 0 Å². The van der Waals surface area contributed by atoms with Crippen molar-refractivity contribution in [3.05, 3.63) is 0 Å². The first-order valence-electron chi connectivity index (χ1n) is 10.0. The van der Waals surface area contributed by atoms with E-state index >= 15 is 0 Å². The molecule has 0 aromatic heterocycles. The molecule has 0 spiro atoms. The third-order valence-electron chi connectivity index (χ3n) is 4.53. The molecule has 0 bridgehead atoms. The van der Waals surface area contributed by atoms with E-state index < -0.39 is 72.0 Å². The van der Waals surface area contributed by atoms with E-state index in [2.05, 4.69) is 26.6 Å². The zero-order chi connectivity index (χ0) is 25.1. The lowest BCUT2D eigenvalue weighted by molar-refractivity contribution is -0.173. The molecule has 33 heavy (non-hydrogen) atoms. The maximum absolute atomic E-state index is 12.6. The van der Waals surface area contributed by atoms with Gasteiger partial charge in [0.05, 0.1) is 25.7 Å². The molecule has 1 rings (SSSR count). The lowest BCUT2D eigenvalue weighted by atomic mass is 9.98. The maximum Gasteiger partial charge on any atom is 0.243 e. The van der Waals surface area contributed by atoms with Gasteiger partial charge in [0.25, 0.3) is 0 Å². The van der Waals surface area contributed by atoms with Gasteiger partial charge < -0.3 is 46.6 Å².